The second kappa shape index (κ2) is 4.97. The molecule has 2 aromatic rings. The van der Waals surface area contributed by atoms with Crippen LogP contribution in [-0.2, 0) is 0 Å². The normalized spacial score (nSPS) is 12.7. The molecule has 2 N–H and O–H groups in total. The first-order valence-electron chi connectivity index (χ1n) is 6.20. The number of aliphatic hydroxyl groups excluding tert-OH is 1. The Morgan fingerprint density at radius 2 is 2.16 bits per heavy atom. The molecule has 2 aromatic heterocycles. The van der Waals surface area contributed by atoms with Crippen molar-refractivity contribution in [2.75, 3.05) is 6.54 Å². The molecule has 0 radical (unpaired) electrons. The first-order valence-corrected chi connectivity index (χ1v) is 6.20. The number of amides is 1. The van der Waals surface area contributed by atoms with Gasteiger partial charge in [-0.2, -0.15) is 5.10 Å². The fourth-order valence-corrected chi connectivity index (χ4v) is 2.02. The summed E-state index contributed by atoms with van der Waals surface area (Å²) in [7, 11) is 0. The third kappa shape index (κ3) is 2.58. The van der Waals surface area contributed by atoms with Crippen LogP contribution in [0, 0.1) is 20.8 Å². The van der Waals surface area contributed by atoms with Crippen LogP contribution in [0.1, 0.15) is 34.4 Å². The van der Waals surface area contributed by atoms with Crippen molar-refractivity contribution in [3.8, 4) is 0 Å². The van der Waals surface area contributed by atoms with Crippen LogP contribution in [-0.4, -0.2) is 38.3 Å². The standard InChI is InChI=1S/C13H18N4O2/c1-7-5-8(2)17-12(15-7)11(10(4)16-17)13(19)14-6-9(3)18/h5,9,18H,6H2,1-4H3,(H,14,19). The number of aromatic nitrogens is 3. The lowest BCUT2D eigenvalue weighted by Gasteiger charge is -2.07. The Balaban J connectivity index is 2.48. The number of aliphatic hydroxyl groups is 1. The summed E-state index contributed by atoms with van der Waals surface area (Å²) in [6.07, 6.45) is -0.581. The molecule has 2 heterocycles. The van der Waals surface area contributed by atoms with E-state index in [0.717, 1.165) is 11.4 Å². The van der Waals surface area contributed by atoms with Crippen molar-refractivity contribution < 1.29 is 9.90 Å². The van der Waals surface area contributed by atoms with Crippen LogP contribution in [0.15, 0.2) is 6.07 Å². The van der Waals surface area contributed by atoms with Crippen molar-refractivity contribution in [3.63, 3.8) is 0 Å². The fourth-order valence-electron chi connectivity index (χ4n) is 2.02. The second-order valence-electron chi connectivity index (χ2n) is 4.79. The SMILES string of the molecule is Cc1cc(C)n2nc(C)c(C(=O)NCC(C)O)c2n1. The quantitative estimate of drug-likeness (QED) is 0.856. The number of nitrogens with zero attached hydrogens (tertiary/aromatic N) is 3. The Bertz CT molecular complexity index is 631. The molecule has 0 aliphatic rings. The van der Waals surface area contributed by atoms with Gasteiger partial charge >= 0.3 is 0 Å². The minimum atomic E-state index is -0.581. The summed E-state index contributed by atoms with van der Waals surface area (Å²) in [5.74, 6) is -0.258. The topological polar surface area (TPSA) is 79.5 Å². The third-order valence-electron chi connectivity index (χ3n) is 2.86. The average Bonchev–Trinajstić information content (AvgIpc) is 2.63. The third-order valence-corrected chi connectivity index (χ3v) is 2.86. The van der Waals surface area contributed by atoms with Crippen molar-refractivity contribution in [3.05, 3.63) is 28.7 Å². The Labute approximate surface area is 111 Å². The highest BCUT2D eigenvalue weighted by Gasteiger charge is 2.19. The van der Waals surface area contributed by atoms with E-state index in [2.05, 4.69) is 15.4 Å². The maximum Gasteiger partial charge on any atom is 0.257 e. The van der Waals surface area contributed by atoms with Crippen molar-refractivity contribution in [2.45, 2.75) is 33.8 Å². The zero-order valence-electron chi connectivity index (χ0n) is 11.6. The number of hydrogen-bond acceptors (Lipinski definition) is 4. The van der Waals surface area contributed by atoms with Gasteiger partial charge in [-0.05, 0) is 33.8 Å². The molecular weight excluding hydrogens is 244 g/mol. The van der Waals surface area contributed by atoms with E-state index in [1.54, 1.807) is 18.4 Å². The van der Waals surface area contributed by atoms with Gasteiger partial charge in [0.25, 0.3) is 5.91 Å². The van der Waals surface area contributed by atoms with Gasteiger partial charge in [0.1, 0.15) is 5.56 Å². The number of fused-ring (bicyclic) bond motifs is 1. The summed E-state index contributed by atoms with van der Waals surface area (Å²) < 4.78 is 1.67. The van der Waals surface area contributed by atoms with E-state index in [9.17, 15) is 9.90 Å². The van der Waals surface area contributed by atoms with Gasteiger partial charge < -0.3 is 10.4 Å². The monoisotopic (exact) mass is 262 g/mol. The maximum absolute atomic E-state index is 12.2. The van der Waals surface area contributed by atoms with E-state index < -0.39 is 6.10 Å². The molecule has 6 heteroatoms. The number of hydrogen-bond donors (Lipinski definition) is 2. The molecule has 1 amide bonds. The van der Waals surface area contributed by atoms with Crippen molar-refractivity contribution in [2.24, 2.45) is 0 Å². The van der Waals surface area contributed by atoms with E-state index in [1.807, 2.05) is 19.9 Å². The second-order valence-corrected chi connectivity index (χ2v) is 4.79. The van der Waals surface area contributed by atoms with Gasteiger partial charge in [0, 0.05) is 17.9 Å². The Hall–Kier alpha value is -1.95. The molecule has 0 fully saturated rings. The van der Waals surface area contributed by atoms with Crippen LogP contribution >= 0.6 is 0 Å². The zero-order chi connectivity index (χ0) is 14.2. The van der Waals surface area contributed by atoms with Gasteiger partial charge in [0.05, 0.1) is 11.8 Å². The molecule has 1 unspecified atom stereocenters. The van der Waals surface area contributed by atoms with E-state index in [4.69, 9.17) is 0 Å². The molecule has 0 aliphatic carbocycles. The molecule has 0 bridgehead atoms. The summed E-state index contributed by atoms with van der Waals surface area (Å²) in [5.41, 5.74) is 3.42. The smallest absolute Gasteiger partial charge is 0.257 e. The summed E-state index contributed by atoms with van der Waals surface area (Å²) in [6.45, 7) is 7.41. The summed E-state index contributed by atoms with van der Waals surface area (Å²) in [6, 6.07) is 1.91. The molecule has 0 saturated heterocycles. The van der Waals surface area contributed by atoms with E-state index >= 15 is 0 Å². The van der Waals surface area contributed by atoms with Gasteiger partial charge in [0.2, 0.25) is 0 Å². The molecule has 0 saturated carbocycles. The van der Waals surface area contributed by atoms with Gasteiger partial charge in [-0.15, -0.1) is 0 Å². The molecule has 6 nitrogen and oxygen atoms in total. The molecule has 19 heavy (non-hydrogen) atoms. The molecule has 0 spiro atoms. The molecule has 102 valence electrons. The fraction of sp³-hybridized carbons (Fsp3) is 0.462. The van der Waals surface area contributed by atoms with Crippen LogP contribution < -0.4 is 5.32 Å². The highest BCUT2D eigenvalue weighted by Crippen LogP contribution is 2.15. The molecule has 0 aromatic carbocycles. The Kier molecular flexibility index (Phi) is 3.53. The number of carbonyl (C=O) groups is 1. The zero-order valence-corrected chi connectivity index (χ0v) is 11.6. The highest BCUT2D eigenvalue weighted by atomic mass is 16.3. The predicted octanol–water partition coefficient (Wildman–Crippen LogP) is 0.765. The van der Waals surface area contributed by atoms with Gasteiger partial charge in [0.15, 0.2) is 5.65 Å². The Morgan fingerprint density at radius 1 is 1.47 bits per heavy atom. The van der Waals surface area contributed by atoms with E-state index in [0.29, 0.717) is 16.9 Å². The van der Waals surface area contributed by atoms with Gasteiger partial charge in [-0.1, -0.05) is 0 Å². The van der Waals surface area contributed by atoms with Crippen molar-refractivity contribution in [1.82, 2.24) is 19.9 Å². The minimum Gasteiger partial charge on any atom is -0.392 e. The predicted molar refractivity (Wildman–Crippen MR) is 71.2 cm³/mol. The maximum atomic E-state index is 12.2. The average molecular weight is 262 g/mol. The largest absolute Gasteiger partial charge is 0.392 e. The van der Waals surface area contributed by atoms with E-state index in [-0.39, 0.29) is 12.5 Å². The first kappa shape index (κ1) is 13.5. The highest BCUT2D eigenvalue weighted by molar-refractivity contribution is 6.01. The number of rotatable bonds is 3. The van der Waals surface area contributed by atoms with Crippen LogP contribution in [0.5, 0.6) is 0 Å². The van der Waals surface area contributed by atoms with Crippen molar-refractivity contribution in [1.29, 1.82) is 0 Å². The van der Waals surface area contributed by atoms with E-state index in [1.165, 1.54) is 0 Å². The first-order chi connectivity index (χ1) is 8.90. The molecule has 1 atom stereocenters. The molecule has 2 rings (SSSR count). The summed E-state index contributed by atoms with van der Waals surface area (Å²) in [4.78, 5) is 16.5. The van der Waals surface area contributed by atoms with Gasteiger partial charge in [-0.3, -0.25) is 4.79 Å². The minimum absolute atomic E-state index is 0.209. The summed E-state index contributed by atoms with van der Waals surface area (Å²) >= 11 is 0. The van der Waals surface area contributed by atoms with Crippen molar-refractivity contribution >= 4 is 11.6 Å². The lowest BCUT2D eigenvalue weighted by Crippen LogP contribution is -2.31. The lowest BCUT2D eigenvalue weighted by atomic mass is 10.2. The molecular formula is C13H18N4O2. The number of nitrogens with one attached hydrogen (secondary N) is 1. The molecule has 0 aliphatic heterocycles. The van der Waals surface area contributed by atoms with Gasteiger partial charge in [-0.25, -0.2) is 9.50 Å². The van der Waals surface area contributed by atoms with Crippen LogP contribution in [0.2, 0.25) is 0 Å². The Morgan fingerprint density at radius 3 is 2.79 bits per heavy atom. The van der Waals surface area contributed by atoms with Crippen LogP contribution in [0.25, 0.3) is 5.65 Å². The lowest BCUT2D eigenvalue weighted by molar-refractivity contribution is 0.0925. The number of aryl methyl sites for hydroxylation is 3. The van der Waals surface area contributed by atoms with Crippen LogP contribution in [0.3, 0.4) is 0 Å². The summed E-state index contributed by atoms with van der Waals surface area (Å²) in [5, 5.41) is 16.2. The van der Waals surface area contributed by atoms with Crippen LogP contribution in [0.4, 0.5) is 0 Å². The number of carbonyl (C=O) groups excluding carboxylic acids is 1.